The van der Waals surface area contributed by atoms with Crippen molar-refractivity contribution in [3.8, 4) is 22.3 Å². The fourth-order valence-electron chi connectivity index (χ4n) is 9.16. The summed E-state index contributed by atoms with van der Waals surface area (Å²) in [5.74, 6) is 0.859. The first-order valence-corrected chi connectivity index (χ1v) is 21.7. The third kappa shape index (κ3) is 7.39. The fourth-order valence-corrected chi connectivity index (χ4v) is 9.16. The van der Waals surface area contributed by atoms with Crippen molar-refractivity contribution in [3.05, 3.63) is 263 Å². The summed E-state index contributed by atoms with van der Waals surface area (Å²) < 4.78 is 0. The molecule has 0 radical (unpaired) electrons. The Morgan fingerprint density at radius 2 is 1.06 bits per heavy atom. The first-order chi connectivity index (χ1) is 30.7. The van der Waals surface area contributed by atoms with E-state index in [0.29, 0.717) is 0 Å². The van der Waals surface area contributed by atoms with E-state index in [1.807, 2.05) is 0 Å². The van der Waals surface area contributed by atoms with Gasteiger partial charge < -0.3 is 10.6 Å². The lowest BCUT2D eigenvalue weighted by atomic mass is 9.85. The lowest BCUT2D eigenvalue weighted by Gasteiger charge is -2.28. The molecule has 296 valence electrons. The van der Waals surface area contributed by atoms with E-state index >= 15 is 0 Å². The number of hydrogen-bond donors (Lipinski definition) is 2. The summed E-state index contributed by atoms with van der Waals surface area (Å²) in [5.41, 5.74) is 17.8. The second-order valence-electron chi connectivity index (χ2n) is 16.3. The molecule has 0 spiro atoms. The summed E-state index contributed by atoms with van der Waals surface area (Å²) in [7, 11) is 0. The molecule has 0 bridgehead atoms. The quantitative estimate of drug-likeness (QED) is 0.161. The van der Waals surface area contributed by atoms with E-state index in [-0.39, 0.29) is 12.1 Å². The molecule has 0 saturated carbocycles. The van der Waals surface area contributed by atoms with E-state index in [2.05, 4.69) is 235 Å². The zero-order chi connectivity index (χ0) is 41.2. The fraction of sp³-hybridized carbons (Fsp3) is 0.0678. The monoisotopic (exact) mass is 795 g/mol. The highest BCUT2D eigenvalue weighted by Crippen LogP contribution is 2.43. The van der Waals surface area contributed by atoms with Crippen LogP contribution < -0.4 is 10.6 Å². The lowest BCUT2D eigenvalue weighted by Crippen LogP contribution is -2.31. The van der Waals surface area contributed by atoms with Crippen LogP contribution in [-0.2, 0) is 0 Å². The van der Waals surface area contributed by atoms with Gasteiger partial charge in [-0.2, -0.15) is 0 Å². The molecule has 2 N–H and O–H groups in total. The van der Waals surface area contributed by atoms with Crippen LogP contribution in [0.15, 0.2) is 229 Å². The van der Waals surface area contributed by atoms with Gasteiger partial charge in [0.1, 0.15) is 5.84 Å². The smallest absolute Gasteiger partial charge is 0.134 e. The highest BCUT2D eigenvalue weighted by atomic mass is 15.0. The van der Waals surface area contributed by atoms with Gasteiger partial charge in [0.25, 0.3) is 0 Å². The number of hydrogen-bond acceptors (Lipinski definition) is 3. The van der Waals surface area contributed by atoms with Crippen molar-refractivity contribution in [2.75, 3.05) is 5.32 Å². The van der Waals surface area contributed by atoms with Crippen LogP contribution in [0.2, 0.25) is 0 Å². The minimum Gasteiger partial charge on any atom is -0.374 e. The molecule has 3 aliphatic rings. The Morgan fingerprint density at radius 1 is 0.452 bits per heavy atom. The molecule has 1 aliphatic carbocycles. The number of aliphatic imine (C=N–C) groups is 1. The second kappa shape index (κ2) is 16.4. The standard InChI is InChI=1S/C59H45N3/c1-5-14-40(15-6-1)42-24-28-46(29-25-42)56-39-57(47-30-26-43(27-31-47)41-16-7-2-8-17-41)62-59(61-56)51-23-13-22-48(37-51)49-32-34-52-50(36-49)33-35-54-58(52)53(44-18-9-3-10-19-44)38-55(60-54)45-20-11-4-12-21-45/h1-7,9-16,18-39,55,57,60H,8,17H2,(H,61,62). The number of anilines is 1. The topological polar surface area (TPSA) is 36.4 Å². The molecule has 0 aromatic heterocycles. The Bertz CT molecular complexity index is 3080. The van der Waals surface area contributed by atoms with Gasteiger partial charge in [-0.15, -0.1) is 0 Å². The maximum Gasteiger partial charge on any atom is 0.134 e. The summed E-state index contributed by atoms with van der Waals surface area (Å²) in [6.07, 6.45) is 13.5. The lowest BCUT2D eigenvalue weighted by molar-refractivity contribution is 0.780. The average Bonchev–Trinajstić information content (AvgIpc) is 3.37. The van der Waals surface area contributed by atoms with Gasteiger partial charge in [0.15, 0.2) is 0 Å². The molecule has 3 heteroatoms. The van der Waals surface area contributed by atoms with Crippen LogP contribution in [0.4, 0.5) is 5.69 Å². The molecule has 2 heterocycles. The van der Waals surface area contributed by atoms with Gasteiger partial charge in [0, 0.05) is 16.8 Å². The van der Waals surface area contributed by atoms with Crippen molar-refractivity contribution >= 4 is 39.1 Å². The Morgan fingerprint density at radius 3 is 1.82 bits per heavy atom. The zero-order valence-corrected chi connectivity index (χ0v) is 34.4. The van der Waals surface area contributed by atoms with Gasteiger partial charge in [-0.1, -0.05) is 194 Å². The average molecular weight is 796 g/mol. The molecular weight excluding hydrogens is 751 g/mol. The van der Waals surface area contributed by atoms with Crippen molar-refractivity contribution in [3.63, 3.8) is 0 Å². The summed E-state index contributed by atoms with van der Waals surface area (Å²) in [5, 5.41) is 10.1. The number of rotatable bonds is 8. The van der Waals surface area contributed by atoms with Crippen molar-refractivity contribution in [1.82, 2.24) is 5.32 Å². The number of allylic oxidation sites excluding steroid dienone is 4. The third-order valence-corrected chi connectivity index (χ3v) is 12.4. The number of nitrogens with zero attached hydrogens (tertiary/aromatic N) is 1. The van der Waals surface area contributed by atoms with Gasteiger partial charge in [-0.3, -0.25) is 0 Å². The molecule has 0 saturated heterocycles. The van der Waals surface area contributed by atoms with E-state index in [9.17, 15) is 0 Å². The summed E-state index contributed by atoms with van der Waals surface area (Å²) in [6, 6.07) is 70.1. The summed E-state index contributed by atoms with van der Waals surface area (Å²) in [4.78, 5) is 5.33. The first-order valence-electron chi connectivity index (χ1n) is 21.7. The highest BCUT2D eigenvalue weighted by Gasteiger charge is 2.24. The Labute approximate surface area is 363 Å². The van der Waals surface area contributed by atoms with Crippen LogP contribution in [0, 0.1) is 0 Å². The SMILES string of the molecule is C1=CCCC(c2ccc(C3C=C(c4ccc(-c5ccccc5)cc4)N=C(c4cccc(-c5ccc6c7c(ccc6c5)NC(c5ccccc5)C=C7c5ccccc5)c4)N3)cc2)=C1. The van der Waals surface area contributed by atoms with Crippen LogP contribution in [0.5, 0.6) is 0 Å². The molecule has 0 amide bonds. The van der Waals surface area contributed by atoms with Gasteiger partial charge in [-0.25, -0.2) is 4.99 Å². The third-order valence-electron chi connectivity index (χ3n) is 12.4. The molecule has 3 nitrogen and oxygen atoms in total. The molecular formula is C59H45N3. The molecule has 11 rings (SSSR count). The number of amidine groups is 1. The largest absolute Gasteiger partial charge is 0.374 e. The van der Waals surface area contributed by atoms with Crippen LogP contribution in [0.25, 0.3) is 49.9 Å². The second-order valence-corrected chi connectivity index (χ2v) is 16.3. The molecule has 0 fully saturated rings. The Balaban J connectivity index is 0.945. The summed E-state index contributed by atoms with van der Waals surface area (Å²) in [6.45, 7) is 0. The van der Waals surface area contributed by atoms with Crippen molar-refractivity contribution in [2.45, 2.75) is 24.9 Å². The van der Waals surface area contributed by atoms with Gasteiger partial charge in [-0.05, 0) is 115 Å². The number of benzene rings is 8. The normalized spacial score (nSPS) is 16.8. The maximum absolute atomic E-state index is 5.33. The van der Waals surface area contributed by atoms with Crippen molar-refractivity contribution in [2.24, 2.45) is 4.99 Å². The van der Waals surface area contributed by atoms with Crippen LogP contribution in [-0.4, -0.2) is 5.84 Å². The van der Waals surface area contributed by atoms with E-state index in [1.165, 1.54) is 60.9 Å². The van der Waals surface area contributed by atoms with Crippen LogP contribution in [0.1, 0.15) is 63.9 Å². The predicted octanol–water partition coefficient (Wildman–Crippen LogP) is 14.6. The maximum atomic E-state index is 5.33. The summed E-state index contributed by atoms with van der Waals surface area (Å²) >= 11 is 0. The molecule has 2 unspecified atom stereocenters. The van der Waals surface area contributed by atoms with Crippen LogP contribution >= 0.6 is 0 Å². The highest BCUT2D eigenvalue weighted by molar-refractivity contribution is 6.06. The van der Waals surface area contributed by atoms with E-state index in [4.69, 9.17) is 4.99 Å². The van der Waals surface area contributed by atoms with Crippen molar-refractivity contribution in [1.29, 1.82) is 0 Å². The number of nitrogens with one attached hydrogen (secondary N) is 2. The minimum absolute atomic E-state index is 0.0574. The Kier molecular flexibility index (Phi) is 9.84. The van der Waals surface area contributed by atoms with Gasteiger partial charge >= 0.3 is 0 Å². The predicted molar refractivity (Wildman–Crippen MR) is 261 cm³/mol. The molecule has 8 aromatic rings. The molecule has 62 heavy (non-hydrogen) atoms. The van der Waals surface area contributed by atoms with E-state index in [0.717, 1.165) is 52.3 Å². The van der Waals surface area contributed by atoms with E-state index in [1.54, 1.807) is 0 Å². The van der Waals surface area contributed by atoms with Crippen molar-refractivity contribution < 1.29 is 0 Å². The zero-order valence-electron chi connectivity index (χ0n) is 34.4. The van der Waals surface area contributed by atoms with Crippen LogP contribution in [0.3, 0.4) is 0 Å². The Hall–Kier alpha value is -7.75. The molecule has 2 atom stereocenters. The first kappa shape index (κ1) is 37.3. The molecule has 2 aliphatic heterocycles. The number of fused-ring (bicyclic) bond motifs is 3. The minimum atomic E-state index is -0.0574. The molecule has 8 aromatic carbocycles. The van der Waals surface area contributed by atoms with E-state index < -0.39 is 0 Å². The van der Waals surface area contributed by atoms with Gasteiger partial charge in [0.2, 0.25) is 0 Å². The van der Waals surface area contributed by atoms with Gasteiger partial charge in [0.05, 0.1) is 17.8 Å².